The van der Waals surface area contributed by atoms with Crippen LogP contribution in [-0.4, -0.2) is 46.6 Å². The highest BCUT2D eigenvalue weighted by atomic mass is 16.5. The molecule has 104 valence electrons. The Morgan fingerprint density at radius 1 is 1.37 bits per heavy atom. The van der Waals surface area contributed by atoms with E-state index in [1.54, 1.807) is 4.90 Å². The standard InChI is InChI=1S/C13H18N2O4/c1-3-15(12(16)8-19-9-13(17)18)7-11-6-4-5-10(2)14-11/h4-6H,3,7-9H2,1-2H3,(H,17,18). The fourth-order valence-corrected chi connectivity index (χ4v) is 1.58. The number of carboxylic acid groups (broad SMARTS) is 1. The summed E-state index contributed by atoms with van der Waals surface area (Å²) < 4.78 is 4.79. The summed E-state index contributed by atoms with van der Waals surface area (Å²) in [6.07, 6.45) is 0. The topological polar surface area (TPSA) is 79.7 Å². The number of carbonyl (C=O) groups excluding carboxylic acids is 1. The molecule has 0 aliphatic carbocycles. The summed E-state index contributed by atoms with van der Waals surface area (Å²) in [6, 6.07) is 5.62. The van der Waals surface area contributed by atoms with Crippen LogP contribution in [0.25, 0.3) is 0 Å². The van der Waals surface area contributed by atoms with Crippen molar-refractivity contribution >= 4 is 11.9 Å². The summed E-state index contributed by atoms with van der Waals surface area (Å²) in [5.41, 5.74) is 1.69. The third-order valence-electron chi connectivity index (χ3n) is 2.48. The van der Waals surface area contributed by atoms with Crippen molar-refractivity contribution in [1.29, 1.82) is 0 Å². The molecule has 1 amide bonds. The molecular formula is C13H18N2O4. The van der Waals surface area contributed by atoms with Crippen LogP contribution in [0.2, 0.25) is 0 Å². The molecule has 0 fully saturated rings. The van der Waals surface area contributed by atoms with Gasteiger partial charge in [-0.05, 0) is 26.0 Å². The number of pyridine rings is 1. The van der Waals surface area contributed by atoms with Crippen molar-refractivity contribution in [1.82, 2.24) is 9.88 Å². The minimum absolute atomic E-state index is 0.230. The number of hydrogen-bond acceptors (Lipinski definition) is 4. The second-order valence-electron chi connectivity index (χ2n) is 4.06. The number of carboxylic acids is 1. The second kappa shape index (κ2) is 7.48. The highest BCUT2D eigenvalue weighted by Crippen LogP contribution is 2.04. The molecule has 0 bridgehead atoms. The van der Waals surface area contributed by atoms with Crippen LogP contribution < -0.4 is 0 Å². The predicted molar refractivity (Wildman–Crippen MR) is 68.5 cm³/mol. The van der Waals surface area contributed by atoms with E-state index < -0.39 is 12.6 Å². The zero-order valence-corrected chi connectivity index (χ0v) is 11.1. The fraction of sp³-hybridized carbons (Fsp3) is 0.462. The van der Waals surface area contributed by atoms with Crippen molar-refractivity contribution in [3.05, 3.63) is 29.6 Å². The first-order valence-electron chi connectivity index (χ1n) is 6.02. The van der Waals surface area contributed by atoms with Gasteiger partial charge in [0.15, 0.2) is 0 Å². The maximum atomic E-state index is 11.8. The van der Waals surface area contributed by atoms with Crippen LogP contribution in [0.5, 0.6) is 0 Å². The van der Waals surface area contributed by atoms with E-state index in [0.717, 1.165) is 11.4 Å². The molecule has 0 aliphatic rings. The van der Waals surface area contributed by atoms with E-state index in [1.807, 2.05) is 32.0 Å². The van der Waals surface area contributed by atoms with Gasteiger partial charge in [-0.15, -0.1) is 0 Å². The Balaban J connectivity index is 2.52. The Morgan fingerprint density at radius 3 is 2.68 bits per heavy atom. The van der Waals surface area contributed by atoms with Gasteiger partial charge in [0.05, 0.1) is 12.2 Å². The minimum Gasteiger partial charge on any atom is -0.480 e. The lowest BCUT2D eigenvalue weighted by molar-refractivity contribution is -0.146. The van der Waals surface area contributed by atoms with Crippen molar-refractivity contribution in [3.8, 4) is 0 Å². The molecule has 0 saturated carbocycles. The molecule has 1 rings (SSSR count). The molecule has 6 heteroatoms. The Morgan fingerprint density at radius 2 is 2.11 bits per heavy atom. The van der Waals surface area contributed by atoms with Gasteiger partial charge in [-0.3, -0.25) is 9.78 Å². The first-order chi connectivity index (χ1) is 9.02. The van der Waals surface area contributed by atoms with Gasteiger partial charge in [0, 0.05) is 12.2 Å². The summed E-state index contributed by atoms with van der Waals surface area (Å²) in [7, 11) is 0. The number of aryl methyl sites for hydroxylation is 1. The zero-order chi connectivity index (χ0) is 14.3. The van der Waals surface area contributed by atoms with Crippen molar-refractivity contribution in [2.45, 2.75) is 20.4 Å². The van der Waals surface area contributed by atoms with E-state index in [0.29, 0.717) is 13.1 Å². The summed E-state index contributed by atoms with van der Waals surface area (Å²) in [5, 5.41) is 8.43. The maximum absolute atomic E-state index is 11.8. The average Bonchev–Trinajstić information content (AvgIpc) is 2.35. The van der Waals surface area contributed by atoms with Gasteiger partial charge >= 0.3 is 5.97 Å². The van der Waals surface area contributed by atoms with Gasteiger partial charge in [0.2, 0.25) is 5.91 Å². The van der Waals surface area contributed by atoms with E-state index in [2.05, 4.69) is 4.98 Å². The fourth-order valence-electron chi connectivity index (χ4n) is 1.58. The number of aliphatic carboxylic acids is 1. The highest BCUT2D eigenvalue weighted by molar-refractivity contribution is 5.77. The number of amides is 1. The number of likely N-dealkylation sites (N-methyl/N-ethyl adjacent to an activating group) is 1. The smallest absolute Gasteiger partial charge is 0.329 e. The summed E-state index contributed by atoms with van der Waals surface area (Å²) in [6.45, 7) is 3.96. The van der Waals surface area contributed by atoms with Crippen LogP contribution in [0.4, 0.5) is 0 Å². The molecule has 1 aromatic rings. The summed E-state index contributed by atoms with van der Waals surface area (Å²) >= 11 is 0. The second-order valence-corrected chi connectivity index (χ2v) is 4.06. The Kier molecular flexibility index (Phi) is 5.95. The Hall–Kier alpha value is -1.95. The predicted octanol–water partition coefficient (Wildman–Crippen LogP) is 0.840. The monoisotopic (exact) mass is 266 g/mol. The molecule has 1 aromatic heterocycles. The maximum Gasteiger partial charge on any atom is 0.329 e. The van der Waals surface area contributed by atoms with E-state index in [1.165, 1.54) is 0 Å². The van der Waals surface area contributed by atoms with E-state index in [-0.39, 0.29) is 12.5 Å². The summed E-state index contributed by atoms with van der Waals surface area (Å²) in [5.74, 6) is -1.33. The van der Waals surface area contributed by atoms with E-state index >= 15 is 0 Å². The first kappa shape index (κ1) is 15.1. The molecule has 0 saturated heterocycles. The Labute approximate surface area is 112 Å². The van der Waals surface area contributed by atoms with Gasteiger partial charge in [-0.2, -0.15) is 0 Å². The lowest BCUT2D eigenvalue weighted by Crippen LogP contribution is -2.34. The molecule has 1 N–H and O–H groups in total. The molecule has 1 heterocycles. The number of ether oxygens (including phenoxy) is 1. The minimum atomic E-state index is -1.09. The molecular weight excluding hydrogens is 248 g/mol. The number of nitrogens with zero attached hydrogens (tertiary/aromatic N) is 2. The van der Waals surface area contributed by atoms with Gasteiger partial charge in [0.25, 0.3) is 0 Å². The van der Waals surface area contributed by atoms with Crippen LogP contribution >= 0.6 is 0 Å². The van der Waals surface area contributed by atoms with Crippen molar-refractivity contribution in [3.63, 3.8) is 0 Å². The van der Waals surface area contributed by atoms with Crippen LogP contribution in [0.1, 0.15) is 18.3 Å². The molecule has 6 nitrogen and oxygen atoms in total. The van der Waals surface area contributed by atoms with Crippen LogP contribution in [0.15, 0.2) is 18.2 Å². The Bertz CT molecular complexity index is 448. The zero-order valence-electron chi connectivity index (χ0n) is 11.1. The summed E-state index contributed by atoms with van der Waals surface area (Å²) in [4.78, 5) is 28.0. The van der Waals surface area contributed by atoms with Gasteiger partial charge in [-0.25, -0.2) is 4.79 Å². The van der Waals surface area contributed by atoms with E-state index in [9.17, 15) is 9.59 Å². The highest BCUT2D eigenvalue weighted by Gasteiger charge is 2.13. The molecule has 0 aromatic carbocycles. The van der Waals surface area contributed by atoms with E-state index in [4.69, 9.17) is 9.84 Å². The third kappa shape index (κ3) is 5.48. The van der Waals surface area contributed by atoms with Gasteiger partial charge in [0.1, 0.15) is 13.2 Å². The normalized spacial score (nSPS) is 10.2. The first-order valence-corrected chi connectivity index (χ1v) is 6.02. The SMILES string of the molecule is CCN(Cc1cccc(C)n1)C(=O)COCC(=O)O. The molecule has 0 aliphatic heterocycles. The molecule has 0 atom stereocenters. The molecule has 0 spiro atoms. The van der Waals surface area contributed by atoms with Crippen molar-refractivity contribution in [2.24, 2.45) is 0 Å². The molecule has 0 radical (unpaired) electrons. The lowest BCUT2D eigenvalue weighted by atomic mass is 10.3. The van der Waals surface area contributed by atoms with Gasteiger partial charge < -0.3 is 14.7 Å². The van der Waals surface area contributed by atoms with Crippen LogP contribution in [-0.2, 0) is 20.9 Å². The quantitative estimate of drug-likeness (QED) is 0.791. The number of aromatic nitrogens is 1. The third-order valence-corrected chi connectivity index (χ3v) is 2.48. The number of carbonyl (C=O) groups is 2. The van der Waals surface area contributed by atoms with Gasteiger partial charge in [-0.1, -0.05) is 6.07 Å². The lowest BCUT2D eigenvalue weighted by Gasteiger charge is -2.20. The largest absolute Gasteiger partial charge is 0.480 e. The van der Waals surface area contributed by atoms with Crippen LogP contribution in [0.3, 0.4) is 0 Å². The molecule has 19 heavy (non-hydrogen) atoms. The van der Waals surface area contributed by atoms with Crippen LogP contribution in [0, 0.1) is 6.92 Å². The van der Waals surface area contributed by atoms with Crippen molar-refractivity contribution < 1.29 is 19.4 Å². The number of hydrogen-bond donors (Lipinski definition) is 1. The average molecular weight is 266 g/mol. The molecule has 0 unspecified atom stereocenters. The van der Waals surface area contributed by atoms with Crippen molar-refractivity contribution in [2.75, 3.05) is 19.8 Å². The number of rotatable bonds is 7.